The summed E-state index contributed by atoms with van der Waals surface area (Å²) in [6, 6.07) is 7.96. The van der Waals surface area contributed by atoms with Gasteiger partial charge in [0.2, 0.25) is 5.91 Å². The number of benzene rings is 1. The first-order chi connectivity index (χ1) is 12.2. The number of piperidine rings is 1. The Balaban J connectivity index is 0.00000243. The lowest BCUT2D eigenvalue weighted by Crippen LogP contribution is -2.40. The Kier molecular flexibility index (Phi) is 8.68. The zero-order valence-electron chi connectivity index (χ0n) is 15.5. The molecule has 26 heavy (non-hydrogen) atoms. The first-order valence-corrected chi connectivity index (χ1v) is 9.67. The molecule has 0 aromatic heterocycles. The molecular weight excluding hydrogens is 439 g/mol. The van der Waals surface area contributed by atoms with Crippen molar-refractivity contribution in [2.45, 2.75) is 57.9 Å². The van der Waals surface area contributed by atoms with E-state index in [1.54, 1.807) is 0 Å². The molecule has 0 radical (unpaired) electrons. The molecule has 2 fully saturated rings. The molecule has 144 valence electrons. The van der Waals surface area contributed by atoms with Crippen molar-refractivity contribution >= 4 is 41.5 Å². The van der Waals surface area contributed by atoms with Crippen molar-refractivity contribution in [2.24, 2.45) is 16.6 Å². The van der Waals surface area contributed by atoms with Crippen LogP contribution in [-0.2, 0) is 11.3 Å². The van der Waals surface area contributed by atoms with E-state index in [-0.39, 0.29) is 35.8 Å². The number of anilines is 1. The van der Waals surface area contributed by atoms with E-state index < -0.39 is 0 Å². The SMILES string of the molecule is I.NC(=NCc1cccc(NC(=O)C2CCCCC2)c1)N1CCCCC1. The maximum absolute atomic E-state index is 12.4. The summed E-state index contributed by atoms with van der Waals surface area (Å²) < 4.78 is 0. The summed E-state index contributed by atoms with van der Waals surface area (Å²) in [5.41, 5.74) is 8.05. The Bertz CT molecular complexity index is 608. The third-order valence-corrected chi connectivity index (χ3v) is 5.27. The van der Waals surface area contributed by atoms with Crippen molar-refractivity contribution in [3.63, 3.8) is 0 Å². The fourth-order valence-electron chi connectivity index (χ4n) is 3.75. The molecule has 0 bridgehead atoms. The van der Waals surface area contributed by atoms with Crippen LogP contribution in [0.2, 0.25) is 0 Å². The van der Waals surface area contributed by atoms with Crippen LogP contribution in [-0.4, -0.2) is 29.9 Å². The highest BCUT2D eigenvalue weighted by Gasteiger charge is 2.21. The highest BCUT2D eigenvalue weighted by Crippen LogP contribution is 2.25. The van der Waals surface area contributed by atoms with Gasteiger partial charge in [0, 0.05) is 24.7 Å². The van der Waals surface area contributed by atoms with Gasteiger partial charge in [-0.1, -0.05) is 31.4 Å². The number of carbonyl (C=O) groups excluding carboxylic acids is 1. The van der Waals surface area contributed by atoms with Gasteiger partial charge in [-0.25, -0.2) is 4.99 Å². The number of nitrogens with zero attached hydrogens (tertiary/aromatic N) is 2. The highest BCUT2D eigenvalue weighted by atomic mass is 127. The van der Waals surface area contributed by atoms with Crippen molar-refractivity contribution in [1.29, 1.82) is 0 Å². The predicted octanol–water partition coefficient (Wildman–Crippen LogP) is 4.12. The van der Waals surface area contributed by atoms with Crippen LogP contribution in [0.15, 0.2) is 29.3 Å². The summed E-state index contributed by atoms with van der Waals surface area (Å²) >= 11 is 0. The molecule has 6 heteroatoms. The first kappa shape index (κ1) is 21.0. The Morgan fingerprint density at radius 1 is 1.12 bits per heavy atom. The summed E-state index contributed by atoms with van der Waals surface area (Å²) in [5, 5.41) is 3.07. The molecule has 1 aliphatic carbocycles. The zero-order chi connectivity index (χ0) is 17.5. The minimum absolute atomic E-state index is 0. The molecule has 2 aliphatic rings. The van der Waals surface area contributed by atoms with Crippen LogP contribution in [0.1, 0.15) is 56.9 Å². The van der Waals surface area contributed by atoms with Crippen LogP contribution >= 0.6 is 24.0 Å². The first-order valence-electron chi connectivity index (χ1n) is 9.67. The van der Waals surface area contributed by atoms with E-state index in [1.165, 1.54) is 38.5 Å². The van der Waals surface area contributed by atoms with Gasteiger partial charge in [0.1, 0.15) is 0 Å². The van der Waals surface area contributed by atoms with E-state index in [0.29, 0.717) is 12.5 Å². The van der Waals surface area contributed by atoms with Crippen LogP contribution < -0.4 is 11.1 Å². The summed E-state index contributed by atoms with van der Waals surface area (Å²) in [5.74, 6) is 0.967. The Labute approximate surface area is 173 Å². The number of nitrogens with one attached hydrogen (secondary N) is 1. The van der Waals surface area contributed by atoms with Gasteiger partial charge < -0.3 is 16.0 Å². The lowest BCUT2D eigenvalue weighted by atomic mass is 9.88. The zero-order valence-corrected chi connectivity index (χ0v) is 17.8. The van der Waals surface area contributed by atoms with Crippen molar-refractivity contribution in [1.82, 2.24) is 4.90 Å². The quantitative estimate of drug-likeness (QED) is 0.395. The lowest BCUT2D eigenvalue weighted by Gasteiger charge is -2.27. The van der Waals surface area contributed by atoms with E-state index in [0.717, 1.165) is 37.2 Å². The van der Waals surface area contributed by atoms with Gasteiger partial charge in [0.25, 0.3) is 0 Å². The van der Waals surface area contributed by atoms with E-state index in [9.17, 15) is 4.79 Å². The summed E-state index contributed by atoms with van der Waals surface area (Å²) in [6.45, 7) is 2.56. The predicted molar refractivity (Wildman–Crippen MR) is 118 cm³/mol. The summed E-state index contributed by atoms with van der Waals surface area (Å²) in [4.78, 5) is 19.1. The summed E-state index contributed by atoms with van der Waals surface area (Å²) in [7, 11) is 0. The van der Waals surface area contributed by atoms with E-state index in [2.05, 4.69) is 15.2 Å². The van der Waals surface area contributed by atoms with E-state index in [1.807, 2.05) is 24.3 Å². The molecule has 0 atom stereocenters. The van der Waals surface area contributed by atoms with Crippen LogP contribution in [0.3, 0.4) is 0 Å². The number of amides is 1. The largest absolute Gasteiger partial charge is 0.370 e. The lowest BCUT2D eigenvalue weighted by molar-refractivity contribution is -0.120. The van der Waals surface area contributed by atoms with Gasteiger partial charge >= 0.3 is 0 Å². The van der Waals surface area contributed by atoms with Crippen LogP contribution in [0.4, 0.5) is 5.69 Å². The summed E-state index contributed by atoms with van der Waals surface area (Å²) in [6.07, 6.45) is 9.30. The fraction of sp³-hybridized carbons (Fsp3) is 0.600. The molecular formula is C20H31IN4O. The Hall–Kier alpha value is -1.31. The second-order valence-electron chi connectivity index (χ2n) is 7.25. The van der Waals surface area contributed by atoms with E-state index >= 15 is 0 Å². The molecule has 3 rings (SSSR count). The van der Waals surface area contributed by atoms with Gasteiger partial charge in [0.15, 0.2) is 5.96 Å². The third kappa shape index (κ3) is 6.14. The number of halogens is 1. The normalized spacial score (nSPS) is 18.9. The molecule has 1 aromatic rings. The number of aliphatic imine (C=N–C) groups is 1. The number of likely N-dealkylation sites (tertiary alicyclic amines) is 1. The van der Waals surface area contributed by atoms with Crippen LogP contribution in [0.25, 0.3) is 0 Å². The molecule has 1 saturated carbocycles. The average molecular weight is 470 g/mol. The fourth-order valence-corrected chi connectivity index (χ4v) is 3.75. The second-order valence-corrected chi connectivity index (χ2v) is 7.25. The Morgan fingerprint density at radius 2 is 1.81 bits per heavy atom. The van der Waals surface area contributed by atoms with Crippen molar-refractivity contribution < 1.29 is 4.79 Å². The minimum atomic E-state index is 0. The maximum Gasteiger partial charge on any atom is 0.227 e. The number of hydrogen-bond acceptors (Lipinski definition) is 2. The monoisotopic (exact) mass is 470 g/mol. The molecule has 1 saturated heterocycles. The molecule has 1 heterocycles. The van der Waals surface area contributed by atoms with Crippen LogP contribution in [0, 0.1) is 5.92 Å². The smallest absolute Gasteiger partial charge is 0.227 e. The van der Waals surface area contributed by atoms with Crippen molar-refractivity contribution in [3.05, 3.63) is 29.8 Å². The van der Waals surface area contributed by atoms with Crippen LogP contribution in [0.5, 0.6) is 0 Å². The Morgan fingerprint density at radius 3 is 2.54 bits per heavy atom. The molecule has 0 spiro atoms. The van der Waals surface area contributed by atoms with Gasteiger partial charge in [-0.05, 0) is 49.8 Å². The molecule has 3 N–H and O–H groups in total. The van der Waals surface area contributed by atoms with Gasteiger partial charge in [0.05, 0.1) is 6.54 Å². The molecule has 0 unspecified atom stereocenters. The topological polar surface area (TPSA) is 70.7 Å². The molecule has 1 aromatic carbocycles. The maximum atomic E-state index is 12.4. The molecule has 5 nitrogen and oxygen atoms in total. The molecule has 1 amide bonds. The highest BCUT2D eigenvalue weighted by molar-refractivity contribution is 14.0. The number of nitrogens with two attached hydrogens (primary N) is 1. The molecule has 1 aliphatic heterocycles. The van der Waals surface area contributed by atoms with Gasteiger partial charge in [-0.2, -0.15) is 0 Å². The number of rotatable bonds is 4. The van der Waals surface area contributed by atoms with E-state index in [4.69, 9.17) is 5.73 Å². The number of hydrogen-bond donors (Lipinski definition) is 2. The van der Waals surface area contributed by atoms with Gasteiger partial charge in [-0.3, -0.25) is 4.79 Å². The average Bonchev–Trinajstić information content (AvgIpc) is 2.68. The second kappa shape index (κ2) is 10.7. The minimum Gasteiger partial charge on any atom is -0.370 e. The van der Waals surface area contributed by atoms with Crippen molar-refractivity contribution in [2.75, 3.05) is 18.4 Å². The van der Waals surface area contributed by atoms with Crippen molar-refractivity contribution in [3.8, 4) is 0 Å². The number of guanidine groups is 1. The van der Waals surface area contributed by atoms with Gasteiger partial charge in [-0.15, -0.1) is 24.0 Å². The number of carbonyl (C=O) groups is 1. The third-order valence-electron chi connectivity index (χ3n) is 5.27. The standard InChI is InChI=1S/C20H30N4O.HI/c21-20(24-12-5-2-6-13-24)22-15-16-8-7-11-18(14-16)23-19(25)17-9-3-1-4-10-17;/h7-8,11,14,17H,1-6,9-10,12-13,15H2,(H2,21,22)(H,23,25);1H.